The van der Waals surface area contributed by atoms with Crippen molar-refractivity contribution in [1.29, 1.82) is 5.26 Å². The molecule has 0 saturated carbocycles. The molecule has 1 N–H and O–H groups in total. The number of allylic oxidation sites excluding steroid dienone is 1. The molecule has 170 valence electrons. The van der Waals surface area contributed by atoms with Crippen molar-refractivity contribution in [1.82, 2.24) is 14.8 Å². The number of nitrogens with one attached hydrogen (secondary N) is 1. The number of fused-ring (bicyclic) bond motifs is 1. The number of aromatic nitrogens is 3. The smallest absolute Gasteiger partial charge is 0.235 e. The third-order valence-corrected chi connectivity index (χ3v) is 8.95. The molecule has 0 bridgehead atoms. The Hall–Kier alpha value is -2.94. The summed E-state index contributed by atoms with van der Waals surface area (Å²) in [4.78, 5) is 13.9. The molecule has 1 amide bonds. The van der Waals surface area contributed by atoms with Crippen LogP contribution in [0.1, 0.15) is 28.2 Å². The number of sulfone groups is 1. The van der Waals surface area contributed by atoms with Gasteiger partial charge in [-0.3, -0.25) is 4.79 Å². The van der Waals surface area contributed by atoms with Gasteiger partial charge in [0, 0.05) is 11.4 Å². The van der Waals surface area contributed by atoms with Gasteiger partial charge in [0.15, 0.2) is 15.0 Å². The Balaban J connectivity index is 1.46. The zero-order valence-corrected chi connectivity index (χ0v) is 20.1. The quantitative estimate of drug-likeness (QED) is 0.353. The normalized spacial score (nSPS) is 12.8. The van der Waals surface area contributed by atoms with E-state index >= 15 is 0 Å². The van der Waals surface area contributed by atoms with Crippen molar-refractivity contribution < 1.29 is 13.2 Å². The van der Waals surface area contributed by atoms with Crippen LogP contribution in [0.25, 0.3) is 0 Å². The van der Waals surface area contributed by atoms with Gasteiger partial charge >= 0.3 is 0 Å². The number of anilines is 1. The Labute approximate surface area is 200 Å². The van der Waals surface area contributed by atoms with E-state index in [2.05, 4.69) is 28.2 Å². The van der Waals surface area contributed by atoms with Crippen molar-refractivity contribution in [3.05, 3.63) is 64.8 Å². The summed E-state index contributed by atoms with van der Waals surface area (Å²) in [5.74, 6) is -0.239. The third-order valence-electron chi connectivity index (χ3n) is 5.14. The Morgan fingerprint density at radius 3 is 2.82 bits per heavy atom. The third kappa shape index (κ3) is 5.03. The van der Waals surface area contributed by atoms with Crippen LogP contribution in [0.2, 0.25) is 0 Å². The summed E-state index contributed by atoms with van der Waals surface area (Å²) in [6, 6.07) is 10.4. The van der Waals surface area contributed by atoms with E-state index in [1.54, 1.807) is 41.0 Å². The van der Waals surface area contributed by atoms with Gasteiger partial charge in [-0.05, 0) is 37.0 Å². The van der Waals surface area contributed by atoms with E-state index in [1.165, 1.54) is 16.2 Å². The second-order valence-electron chi connectivity index (χ2n) is 7.38. The molecule has 2 heterocycles. The molecule has 0 spiro atoms. The lowest BCUT2D eigenvalue weighted by atomic mass is 10.1. The average Bonchev–Trinajstić information content (AvgIpc) is 3.48. The molecule has 1 aromatic carbocycles. The summed E-state index contributed by atoms with van der Waals surface area (Å²) in [5, 5.41) is 21.5. The van der Waals surface area contributed by atoms with Crippen molar-refractivity contribution in [2.45, 2.75) is 41.6 Å². The first kappa shape index (κ1) is 23.2. The molecule has 8 nitrogen and oxygen atoms in total. The second-order valence-corrected chi connectivity index (χ2v) is 11.4. The monoisotopic (exact) mass is 499 g/mol. The van der Waals surface area contributed by atoms with Gasteiger partial charge in [0.2, 0.25) is 5.91 Å². The minimum Gasteiger partial charge on any atom is -0.316 e. The maximum Gasteiger partial charge on any atom is 0.235 e. The van der Waals surface area contributed by atoms with E-state index in [4.69, 9.17) is 0 Å². The van der Waals surface area contributed by atoms with E-state index in [9.17, 15) is 18.5 Å². The number of aryl methyl sites for hydroxylation is 1. The van der Waals surface area contributed by atoms with Crippen LogP contribution in [-0.4, -0.2) is 34.8 Å². The fourth-order valence-corrected chi connectivity index (χ4v) is 6.94. The highest BCUT2D eigenvalue weighted by Crippen LogP contribution is 2.38. The maximum atomic E-state index is 12.8. The molecular weight excluding hydrogens is 478 g/mol. The van der Waals surface area contributed by atoms with Gasteiger partial charge in [-0.15, -0.1) is 28.1 Å². The number of benzene rings is 1. The highest BCUT2D eigenvalue weighted by Gasteiger charge is 2.24. The Kier molecular flexibility index (Phi) is 6.97. The predicted octanol–water partition coefficient (Wildman–Crippen LogP) is 3.59. The van der Waals surface area contributed by atoms with Crippen molar-refractivity contribution in [3.8, 4) is 6.07 Å². The number of amides is 1. The highest BCUT2D eigenvalue weighted by atomic mass is 32.2. The van der Waals surface area contributed by atoms with E-state index in [-0.39, 0.29) is 28.1 Å². The van der Waals surface area contributed by atoms with Crippen LogP contribution in [0.3, 0.4) is 0 Å². The molecule has 0 saturated heterocycles. The van der Waals surface area contributed by atoms with Crippen LogP contribution in [0.4, 0.5) is 5.00 Å². The van der Waals surface area contributed by atoms with Crippen molar-refractivity contribution >= 4 is 43.8 Å². The number of thioether (sulfide) groups is 1. The molecule has 0 radical (unpaired) electrons. The second kappa shape index (κ2) is 9.91. The molecule has 0 fully saturated rings. The van der Waals surface area contributed by atoms with Crippen LogP contribution < -0.4 is 5.32 Å². The zero-order chi connectivity index (χ0) is 23.4. The Bertz CT molecular complexity index is 1340. The van der Waals surface area contributed by atoms with Crippen molar-refractivity contribution in [2.24, 2.45) is 0 Å². The molecule has 2 aromatic heterocycles. The van der Waals surface area contributed by atoms with Gasteiger partial charge in [-0.1, -0.05) is 36.0 Å². The lowest BCUT2D eigenvalue weighted by Crippen LogP contribution is -2.15. The number of nitrogens with zero attached hydrogens (tertiary/aromatic N) is 4. The van der Waals surface area contributed by atoms with Crippen LogP contribution >= 0.6 is 23.1 Å². The number of hydrogen-bond donors (Lipinski definition) is 1. The predicted molar refractivity (Wildman–Crippen MR) is 128 cm³/mol. The summed E-state index contributed by atoms with van der Waals surface area (Å²) in [7, 11) is -3.59. The van der Waals surface area contributed by atoms with Gasteiger partial charge in [-0.2, -0.15) is 5.26 Å². The van der Waals surface area contributed by atoms with E-state index in [0.717, 1.165) is 36.6 Å². The van der Waals surface area contributed by atoms with Gasteiger partial charge in [0.05, 0.1) is 16.2 Å². The molecule has 0 aliphatic heterocycles. The zero-order valence-electron chi connectivity index (χ0n) is 17.7. The van der Waals surface area contributed by atoms with Crippen LogP contribution in [0.15, 0.2) is 53.0 Å². The summed E-state index contributed by atoms with van der Waals surface area (Å²) >= 11 is 2.62. The Morgan fingerprint density at radius 2 is 2.09 bits per heavy atom. The molecule has 1 aliphatic carbocycles. The Morgan fingerprint density at radius 1 is 1.30 bits per heavy atom. The van der Waals surface area contributed by atoms with Crippen LogP contribution in [-0.2, 0) is 39.8 Å². The largest absolute Gasteiger partial charge is 0.316 e. The minimum absolute atomic E-state index is 0.0497. The molecule has 3 aromatic rings. The number of nitriles is 1. The van der Waals surface area contributed by atoms with E-state index in [0.29, 0.717) is 22.3 Å². The topological polar surface area (TPSA) is 118 Å². The van der Waals surface area contributed by atoms with Crippen LogP contribution in [0.5, 0.6) is 0 Å². The molecule has 4 rings (SSSR count). The highest BCUT2D eigenvalue weighted by molar-refractivity contribution is 7.99. The van der Waals surface area contributed by atoms with Gasteiger partial charge in [0.1, 0.15) is 22.6 Å². The SMILES string of the molecule is C=CCn1c(CS(=O)(=O)c2ccccc2)nnc1SCC(=O)Nc1sc2c(c1C#N)CCC2. The number of hydrogen-bond acceptors (Lipinski definition) is 8. The van der Waals surface area contributed by atoms with Gasteiger partial charge in [0.25, 0.3) is 0 Å². The van der Waals surface area contributed by atoms with Gasteiger partial charge in [-0.25, -0.2) is 8.42 Å². The molecule has 33 heavy (non-hydrogen) atoms. The fraction of sp³-hybridized carbons (Fsp3) is 0.273. The molecular formula is C22H21N5O3S3. The summed E-state index contributed by atoms with van der Waals surface area (Å²) in [5.41, 5.74) is 1.62. The minimum atomic E-state index is -3.59. The first-order valence-corrected chi connectivity index (χ1v) is 13.7. The standard InChI is InChI=1S/C22H21N5O3S3/c1-2-11-27-19(14-33(29,30)15-7-4-3-5-8-15)25-26-22(27)31-13-20(28)24-21-17(12-23)16-9-6-10-18(16)32-21/h2-5,7-8H,1,6,9-11,13-14H2,(H,24,28). The van der Waals surface area contributed by atoms with Crippen molar-refractivity contribution in [2.75, 3.05) is 11.1 Å². The lowest BCUT2D eigenvalue weighted by molar-refractivity contribution is -0.113. The molecule has 0 unspecified atom stereocenters. The van der Waals surface area contributed by atoms with Crippen molar-refractivity contribution in [3.63, 3.8) is 0 Å². The van der Waals surface area contributed by atoms with E-state index < -0.39 is 9.84 Å². The van der Waals surface area contributed by atoms with Gasteiger partial charge < -0.3 is 9.88 Å². The number of thiophene rings is 1. The number of carbonyl (C=O) groups excluding carboxylic acids is 1. The molecule has 0 atom stereocenters. The first-order valence-electron chi connectivity index (χ1n) is 10.2. The maximum absolute atomic E-state index is 12.8. The number of carbonyl (C=O) groups is 1. The summed E-state index contributed by atoms with van der Waals surface area (Å²) < 4.78 is 27.2. The first-order chi connectivity index (χ1) is 15.9. The molecule has 11 heteroatoms. The summed E-state index contributed by atoms with van der Waals surface area (Å²) in [6.45, 7) is 4.04. The summed E-state index contributed by atoms with van der Waals surface area (Å²) in [6.07, 6.45) is 4.48. The van der Waals surface area contributed by atoms with Crippen LogP contribution in [0, 0.1) is 11.3 Å². The molecule has 1 aliphatic rings. The fourth-order valence-electron chi connectivity index (χ4n) is 3.63. The van der Waals surface area contributed by atoms with E-state index in [1.807, 2.05) is 0 Å². The lowest BCUT2D eigenvalue weighted by Gasteiger charge is -2.09. The average molecular weight is 500 g/mol. The number of rotatable bonds is 9.